The lowest BCUT2D eigenvalue weighted by molar-refractivity contribution is 0.406. The highest BCUT2D eigenvalue weighted by Gasteiger charge is 2.21. The van der Waals surface area contributed by atoms with E-state index >= 15 is 0 Å². The Morgan fingerprint density at radius 3 is 2.66 bits per heavy atom. The maximum absolute atomic E-state index is 14.0. The van der Waals surface area contributed by atoms with Gasteiger partial charge in [0.05, 0.1) is 19.3 Å². The van der Waals surface area contributed by atoms with Crippen molar-refractivity contribution in [3.8, 4) is 11.4 Å². The third-order valence-electron chi connectivity index (χ3n) is 5.07. The van der Waals surface area contributed by atoms with E-state index in [2.05, 4.69) is 16.0 Å². The molecule has 1 aromatic heterocycles. The van der Waals surface area contributed by atoms with Gasteiger partial charge in [-0.1, -0.05) is 6.07 Å². The van der Waals surface area contributed by atoms with Crippen molar-refractivity contribution in [3.05, 3.63) is 75.5 Å². The average molecular weight is 401 g/mol. The smallest absolute Gasteiger partial charge is 0.350 e. The number of ether oxygens (including phenoxy) is 1. The lowest BCUT2D eigenvalue weighted by Gasteiger charge is -2.15. The second-order valence-corrected chi connectivity index (χ2v) is 6.94. The molecule has 0 aliphatic carbocycles. The van der Waals surface area contributed by atoms with E-state index in [1.165, 1.54) is 4.57 Å². The zero-order valence-electron chi connectivity index (χ0n) is 16.1. The molecule has 2 aromatic carbocycles. The van der Waals surface area contributed by atoms with Gasteiger partial charge in [0.2, 0.25) is 0 Å². The fourth-order valence-electron chi connectivity index (χ4n) is 3.60. The molecule has 9 heteroatoms. The number of aromatic nitrogens is 3. The molecular formula is C20H21F2N5O2. The summed E-state index contributed by atoms with van der Waals surface area (Å²) < 4.78 is 35.5. The zero-order chi connectivity index (χ0) is 20.5. The summed E-state index contributed by atoms with van der Waals surface area (Å²) in [6, 6.07) is 8.70. The van der Waals surface area contributed by atoms with Gasteiger partial charge in [0, 0.05) is 30.6 Å². The number of benzene rings is 2. The van der Waals surface area contributed by atoms with Gasteiger partial charge in [0.15, 0.2) is 0 Å². The van der Waals surface area contributed by atoms with Gasteiger partial charge in [-0.3, -0.25) is 10.9 Å². The Hall–Kier alpha value is -3.04. The van der Waals surface area contributed by atoms with Crippen LogP contribution in [-0.2, 0) is 6.54 Å². The van der Waals surface area contributed by atoms with Crippen LogP contribution in [0.2, 0.25) is 0 Å². The van der Waals surface area contributed by atoms with Crippen LogP contribution in [0, 0.1) is 18.6 Å². The number of rotatable bonds is 5. The first-order chi connectivity index (χ1) is 14.0. The predicted molar refractivity (Wildman–Crippen MR) is 103 cm³/mol. The largest absolute Gasteiger partial charge is 0.496 e. The lowest BCUT2D eigenvalue weighted by Crippen LogP contribution is -2.25. The molecule has 1 fully saturated rings. The van der Waals surface area contributed by atoms with E-state index in [0.717, 1.165) is 41.5 Å². The van der Waals surface area contributed by atoms with E-state index in [-0.39, 0.29) is 18.0 Å². The molecule has 0 unspecified atom stereocenters. The fourth-order valence-corrected chi connectivity index (χ4v) is 3.60. The number of hydrogen-bond acceptors (Lipinski definition) is 5. The van der Waals surface area contributed by atoms with Crippen molar-refractivity contribution in [2.75, 3.05) is 20.2 Å². The average Bonchev–Trinajstić information content (AvgIpc) is 3.33. The van der Waals surface area contributed by atoms with Gasteiger partial charge < -0.3 is 4.74 Å². The Labute approximate surface area is 165 Å². The molecule has 152 valence electrons. The Morgan fingerprint density at radius 2 is 1.93 bits per heavy atom. The third kappa shape index (κ3) is 3.66. The molecule has 4 rings (SSSR count). The van der Waals surface area contributed by atoms with Crippen LogP contribution in [0.25, 0.3) is 5.69 Å². The minimum Gasteiger partial charge on any atom is -0.496 e. The van der Waals surface area contributed by atoms with Crippen LogP contribution in [0.3, 0.4) is 0 Å². The molecule has 1 aliphatic rings. The Balaban J connectivity index is 1.71. The van der Waals surface area contributed by atoms with Gasteiger partial charge in [-0.15, -0.1) is 0 Å². The maximum atomic E-state index is 14.0. The second-order valence-electron chi connectivity index (χ2n) is 6.94. The highest BCUT2D eigenvalue weighted by molar-refractivity contribution is 5.47. The number of methoxy groups -OCH3 is 1. The van der Waals surface area contributed by atoms with Crippen LogP contribution in [0.5, 0.6) is 5.75 Å². The van der Waals surface area contributed by atoms with Gasteiger partial charge >= 0.3 is 5.69 Å². The first kappa shape index (κ1) is 19.3. The van der Waals surface area contributed by atoms with Crippen molar-refractivity contribution in [3.63, 3.8) is 0 Å². The first-order valence-electron chi connectivity index (χ1n) is 9.22. The number of nitrogens with one attached hydrogen (secondary N) is 2. The van der Waals surface area contributed by atoms with Gasteiger partial charge in [-0.2, -0.15) is 5.10 Å². The Morgan fingerprint density at radius 1 is 1.17 bits per heavy atom. The van der Waals surface area contributed by atoms with Crippen molar-refractivity contribution < 1.29 is 13.5 Å². The van der Waals surface area contributed by atoms with Crippen LogP contribution in [0.4, 0.5) is 8.78 Å². The zero-order valence-corrected chi connectivity index (χ0v) is 16.1. The van der Waals surface area contributed by atoms with Crippen LogP contribution in [0.15, 0.2) is 41.2 Å². The molecule has 7 nitrogen and oxygen atoms in total. The third-order valence-corrected chi connectivity index (χ3v) is 5.07. The summed E-state index contributed by atoms with van der Waals surface area (Å²) in [5.74, 6) is 0.215. The number of nitrogens with zero attached hydrogens (tertiary/aromatic N) is 3. The summed E-state index contributed by atoms with van der Waals surface area (Å²) >= 11 is 0. The number of aryl methyl sites for hydroxylation is 1. The molecule has 1 saturated heterocycles. The molecule has 0 bridgehead atoms. The normalized spacial score (nSPS) is 14.5. The van der Waals surface area contributed by atoms with E-state index < -0.39 is 17.3 Å². The van der Waals surface area contributed by atoms with Crippen molar-refractivity contribution >= 4 is 0 Å². The SMILES string of the molecule is COc1cc(-n2c(C)nn(Cc3cc(F)ccc3F)c2=O)ccc1C1CNNC1. The van der Waals surface area contributed by atoms with E-state index in [4.69, 9.17) is 4.74 Å². The van der Waals surface area contributed by atoms with E-state index in [0.29, 0.717) is 17.3 Å². The lowest BCUT2D eigenvalue weighted by atomic mass is 9.99. The Kier molecular flexibility index (Phi) is 5.16. The quantitative estimate of drug-likeness (QED) is 0.683. The number of hydrazine groups is 1. The molecule has 1 aliphatic heterocycles. The monoisotopic (exact) mass is 401 g/mol. The van der Waals surface area contributed by atoms with Crippen molar-refractivity contribution in [2.24, 2.45) is 0 Å². The van der Waals surface area contributed by atoms with Crippen molar-refractivity contribution in [1.82, 2.24) is 25.2 Å². The second kappa shape index (κ2) is 7.76. The van der Waals surface area contributed by atoms with E-state index in [1.54, 1.807) is 20.1 Å². The highest BCUT2D eigenvalue weighted by Crippen LogP contribution is 2.29. The maximum Gasteiger partial charge on any atom is 0.350 e. The van der Waals surface area contributed by atoms with Gasteiger partial charge in [0.1, 0.15) is 23.2 Å². The minimum atomic E-state index is -0.588. The molecule has 3 aromatic rings. The van der Waals surface area contributed by atoms with Crippen LogP contribution in [0.1, 0.15) is 22.9 Å². The molecule has 0 radical (unpaired) electrons. The van der Waals surface area contributed by atoms with Crippen molar-refractivity contribution in [2.45, 2.75) is 19.4 Å². The topological polar surface area (TPSA) is 73.1 Å². The van der Waals surface area contributed by atoms with E-state index in [1.807, 2.05) is 12.1 Å². The summed E-state index contributed by atoms with van der Waals surface area (Å²) in [6.45, 7) is 3.09. The number of hydrogen-bond donors (Lipinski definition) is 2. The van der Waals surface area contributed by atoms with Crippen LogP contribution >= 0.6 is 0 Å². The molecule has 0 amide bonds. The summed E-state index contributed by atoms with van der Waals surface area (Å²) in [5, 5.41) is 4.23. The molecular weight excluding hydrogens is 380 g/mol. The van der Waals surface area contributed by atoms with Crippen molar-refractivity contribution in [1.29, 1.82) is 0 Å². The van der Waals surface area contributed by atoms with Crippen LogP contribution < -0.4 is 21.3 Å². The summed E-state index contributed by atoms with van der Waals surface area (Å²) in [5.41, 5.74) is 7.43. The fraction of sp³-hybridized carbons (Fsp3) is 0.300. The molecule has 0 saturated carbocycles. The number of halogens is 2. The molecule has 2 N–H and O–H groups in total. The summed E-state index contributed by atoms with van der Waals surface area (Å²) in [6.07, 6.45) is 0. The Bertz CT molecular complexity index is 1100. The summed E-state index contributed by atoms with van der Waals surface area (Å²) in [7, 11) is 1.59. The minimum absolute atomic E-state index is 0.0610. The van der Waals surface area contributed by atoms with Gasteiger partial charge in [-0.05, 0) is 36.8 Å². The van der Waals surface area contributed by atoms with Gasteiger partial charge in [0.25, 0.3) is 0 Å². The standard InChI is InChI=1S/C20H21F2N5O2/c1-12-25-26(11-13-7-15(21)3-6-18(13)22)20(28)27(12)16-4-5-17(19(8-16)29-2)14-9-23-24-10-14/h3-8,14,23-24H,9-11H2,1-2H3. The highest BCUT2D eigenvalue weighted by atomic mass is 19.1. The molecule has 2 heterocycles. The molecule has 0 spiro atoms. The first-order valence-corrected chi connectivity index (χ1v) is 9.22. The van der Waals surface area contributed by atoms with E-state index in [9.17, 15) is 13.6 Å². The van der Waals surface area contributed by atoms with Gasteiger partial charge in [-0.25, -0.2) is 22.8 Å². The van der Waals surface area contributed by atoms with Crippen LogP contribution in [-0.4, -0.2) is 34.5 Å². The molecule has 0 atom stereocenters. The molecule has 29 heavy (non-hydrogen) atoms. The summed E-state index contributed by atoms with van der Waals surface area (Å²) in [4.78, 5) is 12.9. The predicted octanol–water partition coefficient (Wildman–Crippen LogP) is 1.87.